The molecule has 2 aromatic rings. The zero-order chi connectivity index (χ0) is 8.72. The van der Waals surface area contributed by atoms with E-state index in [-0.39, 0.29) is 5.52 Å². The predicted octanol–water partition coefficient (Wildman–Crippen LogP) is 2.71. The lowest BCUT2D eigenvalue weighted by Crippen LogP contribution is -1.84. The SMILES string of the molecule is Fc1nc2c(F)c(F)ccc2s1. The minimum absolute atomic E-state index is 0.238. The Kier molecular flexibility index (Phi) is 1.54. The molecule has 0 aliphatic carbocycles. The Morgan fingerprint density at radius 1 is 1.17 bits per heavy atom. The Morgan fingerprint density at radius 3 is 2.67 bits per heavy atom. The second-order valence-corrected chi connectivity index (χ2v) is 3.16. The molecule has 5 heteroatoms. The van der Waals surface area contributed by atoms with Crippen molar-refractivity contribution in [2.75, 3.05) is 0 Å². The van der Waals surface area contributed by atoms with E-state index >= 15 is 0 Å². The number of hydrogen-bond acceptors (Lipinski definition) is 2. The molecule has 0 radical (unpaired) electrons. The molecule has 0 saturated carbocycles. The number of thiazole rings is 1. The van der Waals surface area contributed by atoms with Gasteiger partial charge in [0.05, 0.1) is 4.70 Å². The number of hydrogen-bond donors (Lipinski definition) is 0. The smallest absolute Gasteiger partial charge is 0.206 e. The van der Waals surface area contributed by atoms with Crippen LogP contribution in [-0.4, -0.2) is 4.98 Å². The van der Waals surface area contributed by atoms with E-state index < -0.39 is 16.9 Å². The predicted molar refractivity (Wildman–Crippen MR) is 39.5 cm³/mol. The van der Waals surface area contributed by atoms with Gasteiger partial charge in [0.2, 0.25) is 0 Å². The highest BCUT2D eigenvalue weighted by atomic mass is 32.1. The second kappa shape index (κ2) is 2.45. The molecule has 0 atom stereocenters. The molecule has 2 rings (SSSR count). The zero-order valence-electron chi connectivity index (χ0n) is 5.64. The molecule has 1 nitrogen and oxygen atoms in total. The Hall–Kier alpha value is -1.10. The maximum absolute atomic E-state index is 12.8. The average Bonchev–Trinajstić information content (AvgIpc) is 2.39. The van der Waals surface area contributed by atoms with Crippen LogP contribution in [0.3, 0.4) is 0 Å². The van der Waals surface area contributed by atoms with Crippen LogP contribution in [0.4, 0.5) is 13.2 Å². The summed E-state index contributed by atoms with van der Waals surface area (Å²) >= 11 is 0.691. The highest BCUT2D eigenvalue weighted by Gasteiger charge is 2.11. The van der Waals surface area contributed by atoms with Gasteiger partial charge in [-0.1, -0.05) is 11.3 Å². The van der Waals surface area contributed by atoms with Crippen LogP contribution in [0, 0.1) is 16.9 Å². The van der Waals surface area contributed by atoms with E-state index in [1.54, 1.807) is 0 Å². The van der Waals surface area contributed by atoms with Gasteiger partial charge in [0.15, 0.2) is 11.6 Å². The number of rotatable bonds is 0. The van der Waals surface area contributed by atoms with Gasteiger partial charge in [0.1, 0.15) is 5.52 Å². The van der Waals surface area contributed by atoms with E-state index in [0.29, 0.717) is 16.0 Å². The Labute approximate surface area is 69.5 Å². The molecule has 1 heterocycles. The van der Waals surface area contributed by atoms with Gasteiger partial charge in [-0.25, -0.2) is 13.8 Å². The molecule has 0 amide bonds. The quantitative estimate of drug-likeness (QED) is 0.620. The molecule has 0 aliphatic rings. The lowest BCUT2D eigenvalue weighted by atomic mass is 10.3. The number of fused-ring (bicyclic) bond motifs is 1. The van der Waals surface area contributed by atoms with Crippen LogP contribution in [0.1, 0.15) is 0 Å². The van der Waals surface area contributed by atoms with Crippen molar-refractivity contribution < 1.29 is 13.2 Å². The third-order valence-electron chi connectivity index (χ3n) is 1.43. The fraction of sp³-hybridized carbons (Fsp3) is 0. The van der Waals surface area contributed by atoms with Crippen molar-refractivity contribution in [3.63, 3.8) is 0 Å². The van der Waals surface area contributed by atoms with Gasteiger partial charge in [-0.2, -0.15) is 4.39 Å². The number of aromatic nitrogens is 1. The van der Waals surface area contributed by atoms with E-state index in [1.165, 1.54) is 6.07 Å². The normalized spacial score (nSPS) is 10.9. The van der Waals surface area contributed by atoms with Crippen LogP contribution in [0.25, 0.3) is 10.2 Å². The van der Waals surface area contributed by atoms with Crippen molar-refractivity contribution >= 4 is 21.6 Å². The molecule has 0 aliphatic heterocycles. The van der Waals surface area contributed by atoms with Gasteiger partial charge in [0.25, 0.3) is 5.26 Å². The first-order valence-electron chi connectivity index (χ1n) is 3.08. The molecule has 0 spiro atoms. The molecule has 0 saturated heterocycles. The maximum Gasteiger partial charge on any atom is 0.270 e. The second-order valence-electron chi connectivity index (χ2n) is 2.17. The highest BCUT2D eigenvalue weighted by molar-refractivity contribution is 7.17. The zero-order valence-corrected chi connectivity index (χ0v) is 6.46. The highest BCUT2D eigenvalue weighted by Crippen LogP contribution is 2.24. The van der Waals surface area contributed by atoms with Crippen LogP contribution in [-0.2, 0) is 0 Å². The van der Waals surface area contributed by atoms with Crippen LogP contribution < -0.4 is 0 Å². The number of halogens is 3. The fourth-order valence-electron chi connectivity index (χ4n) is 0.910. The number of nitrogens with zero attached hydrogens (tertiary/aromatic N) is 1. The van der Waals surface area contributed by atoms with Crippen LogP contribution in [0.15, 0.2) is 12.1 Å². The average molecular weight is 189 g/mol. The van der Waals surface area contributed by atoms with Crippen LogP contribution in [0.5, 0.6) is 0 Å². The van der Waals surface area contributed by atoms with Crippen molar-refractivity contribution in [3.05, 3.63) is 29.0 Å². The summed E-state index contributed by atoms with van der Waals surface area (Å²) in [5, 5.41) is -0.755. The standard InChI is InChI=1S/C7H2F3NS/c8-3-1-2-4-6(5(3)9)11-7(10)12-4/h1-2H. The van der Waals surface area contributed by atoms with Gasteiger partial charge in [-0.3, -0.25) is 0 Å². The Bertz CT molecular complexity index is 437. The first kappa shape index (κ1) is 7.54. The van der Waals surface area contributed by atoms with E-state index in [9.17, 15) is 13.2 Å². The van der Waals surface area contributed by atoms with Crippen LogP contribution in [0.2, 0.25) is 0 Å². The van der Waals surface area contributed by atoms with Gasteiger partial charge in [-0.05, 0) is 12.1 Å². The minimum atomic E-state index is -1.09. The van der Waals surface area contributed by atoms with Gasteiger partial charge in [0, 0.05) is 0 Å². The fourth-order valence-corrected chi connectivity index (χ4v) is 1.60. The monoisotopic (exact) mass is 189 g/mol. The molecule has 12 heavy (non-hydrogen) atoms. The topological polar surface area (TPSA) is 12.9 Å². The summed E-state index contributed by atoms with van der Waals surface area (Å²) in [4.78, 5) is 3.21. The molecule has 62 valence electrons. The Morgan fingerprint density at radius 2 is 1.92 bits per heavy atom. The summed E-state index contributed by atoms with van der Waals surface area (Å²) in [6.07, 6.45) is 0. The van der Waals surface area contributed by atoms with Crippen molar-refractivity contribution in [2.45, 2.75) is 0 Å². The molecule has 1 aromatic carbocycles. The third kappa shape index (κ3) is 0.972. The first-order valence-corrected chi connectivity index (χ1v) is 3.90. The molecular formula is C7H2F3NS. The van der Waals surface area contributed by atoms with E-state index in [1.807, 2.05) is 0 Å². The van der Waals surface area contributed by atoms with Crippen molar-refractivity contribution in [2.24, 2.45) is 0 Å². The van der Waals surface area contributed by atoms with Crippen molar-refractivity contribution in [1.29, 1.82) is 0 Å². The molecular weight excluding hydrogens is 187 g/mol. The molecule has 0 fully saturated rings. The van der Waals surface area contributed by atoms with E-state index in [0.717, 1.165) is 6.07 Å². The minimum Gasteiger partial charge on any atom is -0.206 e. The molecule has 1 aromatic heterocycles. The maximum atomic E-state index is 12.8. The number of benzene rings is 1. The van der Waals surface area contributed by atoms with Gasteiger partial charge in [-0.15, -0.1) is 0 Å². The third-order valence-corrected chi connectivity index (χ3v) is 2.23. The summed E-state index contributed by atoms with van der Waals surface area (Å²) in [7, 11) is 0. The molecule has 0 unspecified atom stereocenters. The summed E-state index contributed by atoms with van der Waals surface area (Å²) in [5.41, 5.74) is -0.238. The van der Waals surface area contributed by atoms with Crippen molar-refractivity contribution in [3.8, 4) is 0 Å². The van der Waals surface area contributed by atoms with Crippen molar-refractivity contribution in [1.82, 2.24) is 4.98 Å². The summed E-state index contributed by atoms with van der Waals surface area (Å²) in [5.74, 6) is -2.10. The first-order chi connectivity index (χ1) is 5.68. The van der Waals surface area contributed by atoms with Gasteiger partial charge >= 0.3 is 0 Å². The van der Waals surface area contributed by atoms with Crippen LogP contribution >= 0.6 is 11.3 Å². The van der Waals surface area contributed by atoms with E-state index in [2.05, 4.69) is 4.98 Å². The largest absolute Gasteiger partial charge is 0.270 e. The molecule has 0 bridgehead atoms. The van der Waals surface area contributed by atoms with E-state index in [4.69, 9.17) is 0 Å². The Balaban J connectivity index is 2.89. The molecule has 0 N–H and O–H groups in total. The summed E-state index contributed by atoms with van der Waals surface area (Å²) < 4.78 is 38.1. The lowest BCUT2D eigenvalue weighted by Gasteiger charge is -1.90. The summed E-state index contributed by atoms with van der Waals surface area (Å²) in [6.45, 7) is 0. The summed E-state index contributed by atoms with van der Waals surface area (Å²) in [6, 6.07) is 2.25. The lowest BCUT2D eigenvalue weighted by molar-refractivity contribution is 0.514. The van der Waals surface area contributed by atoms with Gasteiger partial charge < -0.3 is 0 Å².